The molecule has 0 aliphatic carbocycles. The molecule has 0 fully saturated rings. The van der Waals surface area contributed by atoms with E-state index in [9.17, 15) is 9.18 Å². The van der Waals surface area contributed by atoms with E-state index in [1.807, 2.05) is 23.6 Å². The van der Waals surface area contributed by atoms with Crippen molar-refractivity contribution in [1.29, 1.82) is 0 Å². The molecule has 2 heterocycles. The van der Waals surface area contributed by atoms with Crippen molar-refractivity contribution < 1.29 is 13.6 Å². The molecule has 0 saturated carbocycles. The zero-order valence-corrected chi connectivity index (χ0v) is 13.6. The Balaban J connectivity index is 1.41. The molecular formula is C17H16FN3O2S. The number of thiophene rings is 1. The third-order valence-electron chi connectivity index (χ3n) is 3.30. The van der Waals surface area contributed by atoms with E-state index in [1.165, 1.54) is 18.4 Å². The first-order chi connectivity index (χ1) is 11.7. The van der Waals surface area contributed by atoms with Crippen molar-refractivity contribution in [3.8, 4) is 10.8 Å². The number of urea groups is 1. The maximum absolute atomic E-state index is 13.1. The lowest BCUT2D eigenvalue weighted by atomic mass is 10.1. The summed E-state index contributed by atoms with van der Waals surface area (Å²) < 4.78 is 18.4. The molecule has 0 aliphatic heterocycles. The van der Waals surface area contributed by atoms with Gasteiger partial charge in [-0.2, -0.15) is 0 Å². The van der Waals surface area contributed by atoms with E-state index in [1.54, 1.807) is 17.4 Å². The molecule has 7 heteroatoms. The summed E-state index contributed by atoms with van der Waals surface area (Å²) in [4.78, 5) is 17.0. The van der Waals surface area contributed by atoms with Gasteiger partial charge in [0, 0.05) is 6.54 Å². The third-order valence-corrected chi connectivity index (χ3v) is 4.16. The maximum Gasteiger partial charge on any atom is 0.315 e. The lowest BCUT2D eigenvalue weighted by molar-refractivity contribution is 0.240. The lowest BCUT2D eigenvalue weighted by Gasteiger charge is -2.06. The summed E-state index contributed by atoms with van der Waals surface area (Å²) >= 11 is 1.54. The van der Waals surface area contributed by atoms with Crippen molar-refractivity contribution in [3.05, 3.63) is 65.1 Å². The fraction of sp³-hybridized carbons (Fsp3) is 0.176. The second-order valence-corrected chi connectivity index (χ2v) is 6.06. The molecule has 3 aromatic rings. The van der Waals surface area contributed by atoms with Crippen molar-refractivity contribution in [2.24, 2.45) is 0 Å². The van der Waals surface area contributed by atoms with Gasteiger partial charge in [0.1, 0.15) is 12.1 Å². The summed E-state index contributed by atoms with van der Waals surface area (Å²) in [5.41, 5.74) is 1.49. The van der Waals surface area contributed by atoms with Crippen LogP contribution in [0.2, 0.25) is 0 Å². The zero-order chi connectivity index (χ0) is 16.8. The summed E-state index contributed by atoms with van der Waals surface area (Å²) in [6.07, 6.45) is 2.10. The van der Waals surface area contributed by atoms with Gasteiger partial charge in [0.05, 0.1) is 17.1 Å². The fourth-order valence-electron chi connectivity index (χ4n) is 2.15. The SMILES string of the molecule is O=C(NCCc1cccc(F)c1)NCc1coc(-c2cccs2)n1. The predicted molar refractivity (Wildman–Crippen MR) is 90.2 cm³/mol. The molecule has 1 aromatic carbocycles. The van der Waals surface area contributed by atoms with Gasteiger partial charge < -0.3 is 15.1 Å². The van der Waals surface area contributed by atoms with Crippen molar-refractivity contribution in [2.45, 2.75) is 13.0 Å². The van der Waals surface area contributed by atoms with Crippen LogP contribution in [0.25, 0.3) is 10.8 Å². The van der Waals surface area contributed by atoms with Crippen LogP contribution in [0.4, 0.5) is 9.18 Å². The average Bonchev–Trinajstić information content (AvgIpc) is 3.24. The van der Waals surface area contributed by atoms with Crippen LogP contribution in [-0.2, 0) is 13.0 Å². The quantitative estimate of drug-likeness (QED) is 0.717. The van der Waals surface area contributed by atoms with Crippen molar-refractivity contribution in [2.75, 3.05) is 6.54 Å². The number of amides is 2. The van der Waals surface area contributed by atoms with Gasteiger partial charge in [-0.15, -0.1) is 11.3 Å². The normalized spacial score (nSPS) is 10.5. The first kappa shape index (κ1) is 16.2. The predicted octanol–water partition coefficient (Wildman–Crippen LogP) is 3.58. The zero-order valence-electron chi connectivity index (χ0n) is 12.8. The standard InChI is InChI=1S/C17H16FN3O2S/c18-13-4-1-3-12(9-13)6-7-19-17(22)20-10-14-11-23-16(21-14)15-5-2-8-24-15/h1-5,8-9,11H,6-7,10H2,(H2,19,20,22). The van der Waals surface area contributed by atoms with Crippen LogP contribution in [0, 0.1) is 5.82 Å². The number of rotatable bonds is 6. The van der Waals surface area contributed by atoms with E-state index in [2.05, 4.69) is 15.6 Å². The van der Waals surface area contributed by atoms with Crippen molar-refractivity contribution in [3.63, 3.8) is 0 Å². The minimum atomic E-state index is -0.299. The summed E-state index contributed by atoms with van der Waals surface area (Å²) in [7, 11) is 0. The summed E-state index contributed by atoms with van der Waals surface area (Å²) in [6, 6.07) is 9.88. The highest BCUT2D eigenvalue weighted by atomic mass is 32.1. The molecule has 3 rings (SSSR count). The molecule has 0 radical (unpaired) electrons. The van der Waals surface area contributed by atoms with Crippen molar-refractivity contribution >= 4 is 17.4 Å². The first-order valence-corrected chi connectivity index (χ1v) is 8.33. The Morgan fingerprint density at radius 2 is 2.17 bits per heavy atom. The maximum atomic E-state index is 13.1. The third kappa shape index (κ3) is 4.42. The molecule has 24 heavy (non-hydrogen) atoms. The number of nitrogens with one attached hydrogen (secondary N) is 2. The first-order valence-electron chi connectivity index (χ1n) is 7.45. The molecule has 0 saturated heterocycles. The molecule has 124 valence electrons. The molecule has 0 unspecified atom stereocenters. The highest BCUT2D eigenvalue weighted by Crippen LogP contribution is 2.23. The van der Waals surface area contributed by atoms with Gasteiger partial charge in [0.2, 0.25) is 5.89 Å². The van der Waals surface area contributed by atoms with E-state index in [-0.39, 0.29) is 18.4 Å². The molecule has 0 spiro atoms. The van der Waals surface area contributed by atoms with E-state index < -0.39 is 0 Å². The number of oxazole rings is 1. The smallest absolute Gasteiger partial charge is 0.315 e. The van der Waals surface area contributed by atoms with Crippen LogP contribution < -0.4 is 10.6 Å². The highest BCUT2D eigenvalue weighted by molar-refractivity contribution is 7.13. The van der Waals surface area contributed by atoms with Gasteiger partial charge in [0.15, 0.2) is 0 Å². The molecule has 2 amide bonds. The highest BCUT2D eigenvalue weighted by Gasteiger charge is 2.08. The molecule has 2 N–H and O–H groups in total. The average molecular weight is 345 g/mol. The van der Waals surface area contributed by atoms with Crippen LogP contribution in [0.15, 0.2) is 52.5 Å². The Labute approximate surface area is 142 Å². The lowest BCUT2D eigenvalue weighted by Crippen LogP contribution is -2.36. The monoisotopic (exact) mass is 345 g/mol. The molecule has 0 aliphatic rings. The second-order valence-electron chi connectivity index (χ2n) is 5.11. The van der Waals surface area contributed by atoms with Crippen LogP contribution in [0.5, 0.6) is 0 Å². The molecular weight excluding hydrogens is 329 g/mol. The topological polar surface area (TPSA) is 67.2 Å². The van der Waals surface area contributed by atoms with E-state index >= 15 is 0 Å². The number of benzene rings is 1. The van der Waals surface area contributed by atoms with Gasteiger partial charge in [-0.25, -0.2) is 14.2 Å². The number of halogens is 1. The Morgan fingerprint density at radius 1 is 1.25 bits per heavy atom. The van der Waals surface area contributed by atoms with Crippen LogP contribution in [-0.4, -0.2) is 17.6 Å². The summed E-state index contributed by atoms with van der Waals surface area (Å²) in [5.74, 6) is 0.276. The molecule has 5 nitrogen and oxygen atoms in total. The van der Waals surface area contributed by atoms with Gasteiger partial charge in [-0.3, -0.25) is 0 Å². The number of hydrogen-bond donors (Lipinski definition) is 2. The Kier molecular flexibility index (Phi) is 5.22. The minimum Gasteiger partial charge on any atom is -0.443 e. The van der Waals surface area contributed by atoms with E-state index in [0.717, 1.165) is 10.4 Å². The molecule has 0 bridgehead atoms. The molecule has 2 aromatic heterocycles. The van der Waals surface area contributed by atoms with E-state index in [4.69, 9.17) is 4.42 Å². The number of nitrogens with zero attached hydrogens (tertiary/aromatic N) is 1. The Morgan fingerprint density at radius 3 is 2.96 bits per heavy atom. The second kappa shape index (κ2) is 7.74. The molecule has 0 atom stereocenters. The fourth-order valence-corrected chi connectivity index (χ4v) is 2.80. The van der Waals surface area contributed by atoms with Gasteiger partial charge >= 0.3 is 6.03 Å². The number of aromatic nitrogens is 1. The van der Waals surface area contributed by atoms with Gasteiger partial charge in [-0.05, 0) is 35.6 Å². The number of carbonyl (C=O) groups excluding carboxylic acids is 1. The Hall–Kier alpha value is -2.67. The van der Waals surface area contributed by atoms with Crippen molar-refractivity contribution in [1.82, 2.24) is 15.6 Å². The van der Waals surface area contributed by atoms with Crippen LogP contribution in [0.1, 0.15) is 11.3 Å². The minimum absolute atomic E-state index is 0.274. The summed E-state index contributed by atoms with van der Waals surface area (Å²) in [6.45, 7) is 0.704. The largest absolute Gasteiger partial charge is 0.443 e. The van der Waals surface area contributed by atoms with Crippen LogP contribution >= 0.6 is 11.3 Å². The van der Waals surface area contributed by atoms with Crippen LogP contribution in [0.3, 0.4) is 0 Å². The van der Waals surface area contributed by atoms with Gasteiger partial charge in [0.25, 0.3) is 0 Å². The summed E-state index contributed by atoms with van der Waals surface area (Å²) in [5, 5.41) is 7.39. The number of carbonyl (C=O) groups is 1. The number of hydrogen-bond acceptors (Lipinski definition) is 4. The van der Waals surface area contributed by atoms with E-state index in [0.29, 0.717) is 24.6 Å². The Bertz CT molecular complexity index is 802. The van der Waals surface area contributed by atoms with Gasteiger partial charge in [-0.1, -0.05) is 18.2 Å².